The third-order valence-electron chi connectivity index (χ3n) is 4.65. The molecule has 0 bridgehead atoms. The molecule has 5 nitrogen and oxygen atoms in total. The number of halogens is 5. The maximum Gasteiger partial charge on any atom is 0.426 e. The average Bonchev–Trinajstić information content (AvgIpc) is 2.76. The smallest absolute Gasteiger partial charge is 0.426 e. The zero-order valence-corrected chi connectivity index (χ0v) is 18.2. The van der Waals surface area contributed by atoms with E-state index in [0.717, 1.165) is 42.5 Å². The van der Waals surface area contributed by atoms with Crippen molar-refractivity contribution in [3.05, 3.63) is 95.1 Å². The summed E-state index contributed by atoms with van der Waals surface area (Å²) in [7, 11) is 0. The summed E-state index contributed by atoms with van der Waals surface area (Å²) < 4.78 is 75.9. The minimum absolute atomic E-state index is 0.0436. The van der Waals surface area contributed by atoms with Gasteiger partial charge < -0.3 is 20.9 Å². The highest BCUT2D eigenvalue weighted by atomic mass is 19.4. The van der Waals surface area contributed by atoms with Crippen molar-refractivity contribution in [3.8, 4) is 5.75 Å². The molecule has 0 saturated carbocycles. The van der Waals surface area contributed by atoms with Crippen LogP contribution in [-0.2, 0) is 28.7 Å². The van der Waals surface area contributed by atoms with Crippen LogP contribution in [0.4, 0.5) is 33.3 Å². The number of nitrogens with two attached hydrogens (primary N) is 2. The van der Waals surface area contributed by atoms with Crippen LogP contribution in [0.5, 0.6) is 5.75 Å². The van der Waals surface area contributed by atoms with Crippen molar-refractivity contribution in [1.29, 1.82) is 0 Å². The van der Waals surface area contributed by atoms with Crippen molar-refractivity contribution < 1.29 is 36.2 Å². The van der Waals surface area contributed by atoms with Crippen molar-refractivity contribution in [2.75, 3.05) is 11.5 Å². The predicted octanol–water partition coefficient (Wildman–Crippen LogP) is 5.84. The standard InChI is InChI=1S/C25H21F5N2O3/c26-24(27,28)14-17-3-8-22(9-4-17)35-25(29,30)19-6-1-16(2-7-19)5-10-23(33)34-15-18-11-20(31)13-21(32)12-18/h1-13H,14-15,31-32H2/b10-5+. The van der Waals surface area contributed by atoms with E-state index in [2.05, 4.69) is 4.74 Å². The first kappa shape index (κ1) is 25.5. The number of benzene rings is 3. The lowest BCUT2D eigenvalue weighted by Crippen LogP contribution is -2.21. The Labute approximate surface area is 197 Å². The molecule has 0 saturated heterocycles. The number of anilines is 2. The molecular weight excluding hydrogens is 471 g/mol. The maximum atomic E-state index is 14.5. The first-order valence-electron chi connectivity index (χ1n) is 10.2. The summed E-state index contributed by atoms with van der Waals surface area (Å²) in [6.45, 7) is -0.0436. The van der Waals surface area contributed by atoms with E-state index in [1.807, 2.05) is 0 Å². The fourth-order valence-electron chi connectivity index (χ4n) is 3.10. The van der Waals surface area contributed by atoms with Gasteiger partial charge in [-0.1, -0.05) is 24.3 Å². The molecule has 0 unspecified atom stereocenters. The summed E-state index contributed by atoms with van der Waals surface area (Å²) in [5, 5.41) is 0. The Morgan fingerprint density at radius 3 is 2.00 bits per heavy atom. The van der Waals surface area contributed by atoms with E-state index >= 15 is 0 Å². The minimum Gasteiger partial charge on any atom is -0.458 e. The van der Waals surface area contributed by atoms with E-state index in [1.165, 1.54) is 18.2 Å². The van der Waals surface area contributed by atoms with Gasteiger partial charge in [0.25, 0.3) is 0 Å². The highest BCUT2D eigenvalue weighted by Crippen LogP contribution is 2.32. The van der Waals surface area contributed by atoms with Crippen LogP contribution in [0.1, 0.15) is 22.3 Å². The second-order valence-electron chi connectivity index (χ2n) is 7.63. The fourth-order valence-corrected chi connectivity index (χ4v) is 3.10. The molecule has 0 aliphatic heterocycles. The topological polar surface area (TPSA) is 87.6 Å². The zero-order chi connectivity index (χ0) is 25.6. The summed E-state index contributed by atoms with van der Waals surface area (Å²) in [6.07, 6.45) is -6.77. The van der Waals surface area contributed by atoms with E-state index in [1.54, 1.807) is 18.2 Å². The Balaban J connectivity index is 1.56. The Bertz CT molecular complexity index is 1170. The van der Waals surface area contributed by atoms with Gasteiger partial charge in [0.05, 0.1) is 12.0 Å². The first-order chi connectivity index (χ1) is 16.4. The van der Waals surface area contributed by atoms with Crippen molar-refractivity contribution in [1.82, 2.24) is 0 Å². The lowest BCUT2D eigenvalue weighted by molar-refractivity contribution is -0.185. The van der Waals surface area contributed by atoms with Crippen LogP contribution in [0.25, 0.3) is 6.08 Å². The number of nitrogen functional groups attached to an aromatic ring is 2. The predicted molar refractivity (Wildman–Crippen MR) is 121 cm³/mol. The Morgan fingerprint density at radius 1 is 0.829 bits per heavy atom. The van der Waals surface area contributed by atoms with Gasteiger partial charge in [-0.3, -0.25) is 0 Å². The highest BCUT2D eigenvalue weighted by molar-refractivity contribution is 5.87. The summed E-state index contributed by atoms with van der Waals surface area (Å²) in [4.78, 5) is 11.9. The van der Waals surface area contributed by atoms with E-state index in [0.29, 0.717) is 22.5 Å². The molecule has 0 amide bonds. The molecular formula is C25H21F5N2O3. The Morgan fingerprint density at radius 2 is 1.43 bits per heavy atom. The number of carbonyl (C=O) groups is 1. The van der Waals surface area contributed by atoms with Gasteiger partial charge in [-0.05, 0) is 65.2 Å². The Kier molecular flexibility index (Phi) is 7.63. The van der Waals surface area contributed by atoms with Gasteiger partial charge in [0.15, 0.2) is 0 Å². The first-order valence-corrected chi connectivity index (χ1v) is 10.2. The zero-order valence-electron chi connectivity index (χ0n) is 18.2. The third kappa shape index (κ3) is 8.02. The molecule has 4 N–H and O–H groups in total. The number of hydrogen-bond donors (Lipinski definition) is 2. The molecule has 0 aliphatic rings. The van der Waals surface area contributed by atoms with E-state index < -0.39 is 30.2 Å². The molecule has 10 heteroatoms. The average molecular weight is 492 g/mol. The quantitative estimate of drug-likeness (QED) is 0.179. The summed E-state index contributed by atoms with van der Waals surface area (Å²) in [5.41, 5.74) is 12.7. The van der Waals surface area contributed by atoms with Crippen LogP contribution in [0.2, 0.25) is 0 Å². The molecule has 3 aromatic rings. The third-order valence-corrected chi connectivity index (χ3v) is 4.65. The molecule has 35 heavy (non-hydrogen) atoms. The van der Waals surface area contributed by atoms with Gasteiger partial charge in [0.2, 0.25) is 0 Å². The number of alkyl halides is 5. The molecule has 0 aliphatic carbocycles. The van der Waals surface area contributed by atoms with Gasteiger partial charge in [-0.25, -0.2) is 4.79 Å². The fraction of sp³-hybridized carbons (Fsp3) is 0.160. The van der Waals surface area contributed by atoms with E-state index in [-0.39, 0.29) is 17.9 Å². The number of hydrogen-bond acceptors (Lipinski definition) is 5. The molecule has 3 rings (SSSR count). The number of rotatable bonds is 8. The lowest BCUT2D eigenvalue weighted by atomic mass is 10.1. The SMILES string of the molecule is Nc1cc(N)cc(COC(=O)/C=C/c2ccc(C(F)(F)Oc3ccc(CC(F)(F)F)cc3)cc2)c1. The largest absolute Gasteiger partial charge is 0.458 e. The molecule has 184 valence electrons. The minimum atomic E-state index is -4.40. The number of carbonyl (C=O) groups excluding carboxylic acids is 1. The van der Waals surface area contributed by atoms with Crippen molar-refractivity contribution in [2.24, 2.45) is 0 Å². The van der Waals surface area contributed by atoms with Gasteiger partial charge in [-0.2, -0.15) is 22.0 Å². The second-order valence-corrected chi connectivity index (χ2v) is 7.63. The molecule has 3 aromatic carbocycles. The maximum absolute atomic E-state index is 14.5. The van der Waals surface area contributed by atoms with Crippen LogP contribution < -0.4 is 16.2 Å². The molecule has 0 fully saturated rings. The second kappa shape index (κ2) is 10.5. The van der Waals surface area contributed by atoms with Gasteiger partial charge in [0, 0.05) is 17.5 Å². The van der Waals surface area contributed by atoms with Crippen LogP contribution in [0.3, 0.4) is 0 Å². The van der Waals surface area contributed by atoms with Gasteiger partial charge in [-0.15, -0.1) is 0 Å². The molecule has 0 aromatic heterocycles. The van der Waals surface area contributed by atoms with Gasteiger partial charge >= 0.3 is 18.3 Å². The normalized spacial score (nSPS) is 12.0. The molecule has 0 atom stereocenters. The highest BCUT2D eigenvalue weighted by Gasteiger charge is 2.34. The van der Waals surface area contributed by atoms with Crippen LogP contribution in [-0.4, -0.2) is 12.1 Å². The summed E-state index contributed by atoms with van der Waals surface area (Å²) >= 11 is 0. The molecule has 0 spiro atoms. The van der Waals surface area contributed by atoms with Crippen LogP contribution in [0, 0.1) is 0 Å². The van der Waals surface area contributed by atoms with E-state index in [4.69, 9.17) is 16.2 Å². The van der Waals surface area contributed by atoms with E-state index in [9.17, 15) is 26.7 Å². The van der Waals surface area contributed by atoms with Crippen LogP contribution >= 0.6 is 0 Å². The van der Waals surface area contributed by atoms with Crippen molar-refractivity contribution in [2.45, 2.75) is 25.3 Å². The molecule has 0 heterocycles. The summed E-state index contributed by atoms with van der Waals surface area (Å²) in [6, 6.07) is 14.0. The van der Waals surface area contributed by atoms with Crippen molar-refractivity contribution >= 4 is 23.4 Å². The molecule has 0 radical (unpaired) electrons. The van der Waals surface area contributed by atoms with Crippen LogP contribution in [0.15, 0.2) is 72.8 Å². The number of esters is 1. The number of ether oxygens (including phenoxy) is 2. The van der Waals surface area contributed by atoms with Crippen molar-refractivity contribution in [3.63, 3.8) is 0 Å². The van der Waals surface area contributed by atoms with Gasteiger partial charge in [0.1, 0.15) is 12.4 Å². The lowest BCUT2D eigenvalue weighted by Gasteiger charge is -2.18. The Hall–Kier alpha value is -4.08. The summed E-state index contributed by atoms with van der Waals surface area (Å²) in [5.74, 6) is -0.938. The monoisotopic (exact) mass is 492 g/mol.